The third kappa shape index (κ3) is 3.87. The van der Waals surface area contributed by atoms with Crippen LogP contribution in [0, 0.1) is 0 Å². The summed E-state index contributed by atoms with van der Waals surface area (Å²) in [7, 11) is 0. The number of rotatable bonds is 6. The molecule has 0 spiro atoms. The van der Waals surface area contributed by atoms with Crippen molar-refractivity contribution in [2.45, 2.75) is 51.9 Å². The lowest BCUT2D eigenvalue weighted by Gasteiger charge is -2.26. The first-order valence-corrected chi connectivity index (χ1v) is 7.93. The van der Waals surface area contributed by atoms with Crippen LogP contribution in [-0.4, -0.2) is 5.11 Å². The van der Waals surface area contributed by atoms with Gasteiger partial charge in [-0.15, -0.1) is 0 Å². The number of benzene rings is 2. The van der Waals surface area contributed by atoms with Gasteiger partial charge in [-0.25, -0.2) is 0 Å². The molecule has 0 aliphatic rings. The number of phenolic OH excluding ortho intramolecular Hbond substituents is 1. The number of aryl methyl sites for hydroxylation is 1. The SMILES string of the molecule is CCCCCc1ccc(C(C)(C)c2ccc(O)cc2)cc1. The van der Waals surface area contributed by atoms with Gasteiger partial charge in [-0.05, 0) is 41.7 Å². The third-order valence-electron chi connectivity index (χ3n) is 4.33. The van der Waals surface area contributed by atoms with Gasteiger partial charge in [0.1, 0.15) is 5.75 Å². The smallest absolute Gasteiger partial charge is 0.115 e. The Hall–Kier alpha value is -1.76. The second kappa shape index (κ2) is 6.80. The normalized spacial score (nSPS) is 11.6. The highest BCUT2D eigenvalue weighted by molar-refractivity contribution is 5.40. The van der Waals surface area contributed by atoms with E-state index in [1.807, 2.05) is 12.1 Å². The Bertz CT molecular complexity index is 549. The fourth-order valence-electron chi connectivity index (χ4n) is 2.71. The predicted octanol–water partition coefficient (Wildman–Crippen LogP) is 5.45. The predicted molar refractivity (Wildman–Crippen MR) is 89.9 cm³/mol. The van der Waals surface area contributed by atoms with Crippen molar-refractivity contribution < 1.29 is 5.11 Å². The van der Waals surface area contributed by atoms with E-state index >= 15 is 0 Å². The average Bonchev–Trinajstić information content (AvgIpc) is 2.48. The summed E-state index contributed by atoms with van der Waals surface area (Å²) >= 11 is 0. The third-order valence-corrected chi connectivity index (χ3v) is 4.33. The van der Waals surface area contributed by atoms with Crippen LogP contribution in [0.1, 0.15) is 56.7 Å². The molecule has 0 saturated heterocycles. The number of hydrogen-bond donors (Lipinski definition) is 1. The molecule has 0 aliphatic heterocycles. The molecule has 0 atom stereocenters. The molecule has 0 bridgehead atoms. The summed E-state index contributed by atoms with van der Waals surface area (Å²) in [6, 6.07) is 16.5. The molecule has 0 aliphatic carbocycles. The zero-order chi connectivity index (χ0) is 15.3. The largest absolute Gasteiger partial charge is 0.508 e. The topological polar surface area (TPSA) is 20.2 Å². The second-order valence-electron chi connectivity index (χ2n) is 6.33. The quantitative estimate of drug-likeness (QED) is 0.698. The summed E-state index contributed by atoms with van der Waals surface area (Å²) in [6.07, 6.45) is 5.03. The van der Waals surface area contributed by atoms with Crippen LogP contribution in [0.4, 0.5) is 0 Å². The Kier molecular flexibility index (Phi) is 5.06. The van der Waals surface area contributed by atoms with Gasteiger partial charge in [-0.3, -0.25) is 0 Å². The van der Waals surface area contributed by atoms with Crippen molar-refractivity contribution in [1.82, 2.24) is 0 Å². The molecule has 21 heavy (non-hydrogen) atoms. The van der Waals surface area contributed by atoms with Crippen molar-refractivity contribution in [3.8, 4) is 5.75 Å². The lowest BCUT2D eigenvalue weighted by atomic mass is 9.78. The molecule has 0 saturated carbocycles. The Morgan fingerprint density at radius 1 is 0.810 bits per heavy atom. The lowest BCUT2D eigenvalue weighted by Crippen LogP contribution is -2.18. The minimum Gasteiger partial charge on any atom is -0.508 e. The lowest BCUT2D eigenvalue weighted by molar-refractivity contribution is 0.474. The molecule has 112 valence electrons. The summed E-state index contributed by atoms with van der Waals surface area (Å²) in [5, 5.41) is 9.43. The summed E-state index contributed by atoms with van der Waals surface area (Å²) < 4.78 is 0. The maximum atomic E-state index is 9.43. The molecular weight excluding hydrogens is 256 g/mol. The van der Waals surface area contributed by atoms with Crippen molar-refractivity contribution in [2.24, 2.45) is 0 Å². The average molecular weight is 282 g/mol. The van der Waals surface area contributed by atoms with Crippen molar-refractivity contribution in [3.05, 3.63) is 65.2 Å². The van der Waals surface area contributed by atoms with Crippen molar-refractivity contribution >= 4 is 0 Å². The number of hydrogen-bond acceptors (Lipinski definition) is 1. The Balaban J connectivity index is 2.14. The van der Waals surface area contributed by atoms with Gasteiger partial charge in [-0.2, -0.15) is 0 Å². The molecule has 0 heterocycles. The van der Waals surface area contributed by atoms with Gasteiger partial charge in [0, 0.05) is 5.41 Å². The molecule has 0 aromatic heterocycles. The van der Waals surface area contributed by atoms with E-state index in [0.717, 1.165) is 0 Å². The molecular formula is C20H26O. The zero-order valence-electron chi connectivity index (χ0n) is 13.4. The number of unbranched alkanes of at least 4 members (excludes halogenated alkanes) is 2. The van der Waals surface area contributed by atoms with E-state index in [2.05, 4.69) is 45.0 Å². The standard InChI is InChI=1S/C20H26O/c1-4-5-6-7-16-8-10-17(11-9-16)20(2,3)18-12-14-19(21)15-13-18/h8-15,21H,4-7H2,1-3H3. The van der Waals surface area contributed by atoms with Crippen molar-refractivity contribution in [1.29, 1.82) is 0 Å². The first-order valence-electron chi connectivity index (χ1n) is 7.93. The molecule has 1 heteroatoms. The van der Waals surface area contributed by atoms with E-state index in [9.17, 15) is 5.11 Å². The molecule has 2 rings (SSSR count). The second-order valence-corrected chi connectivity index (χ2v) is 6.33. The summed E-state index contributed by atoms with van der Waals surface area (Å²) in [5.74, 6) is 0.320. The van der Waals surface area contributed by atoms with Gasteiger partial charge < -0.3 is 5.11 Å². The zero-order valence-corrected chi connectivity index (χ0v) is 13.4. The summed E-state index contributed by atoms with van der Waals surface area (Å²) in [5.41, 5.74) is 3.91. The Labute approximate surface area is 128 Å². The number of aromatic hydroxyl groups is 1. The van der Waals surface area contributed by atoms with Crippen LogP contribution >= 0.6 is 0 Å². The minimum absolute atomic E-state index is 0.0460. The molecule has 0 unspecified atom stereocenters. The van der Waals surface area contributed by atoms with Crippen LogP contribution in [0.25, 0.3) is 0 Å². The van der Waals surface area contributed by atoms with Crippen LogP contribution in [0.3, 0.4) is 0 Å². The molecule has 1 N–H and O–H groups in total. The summed E-state index contributed by atoms with van der Waals surface area (Å²) in [4.78, 5) is 0. The molecule has 0 fully saturated rings. The highest BCUT2D eigenvalue weighted by Crippen LogP contribution is 2.32. The molecule has 0 amide bonds. The number of phenols is 1. The van der Waals surface area contributed by atoms with Crippen LogP contribution in [0.2, 0.25) is 0 Å². The van der Waals surface area contributed by atoms with Gasteiger partial charge in [0.25, 0.3) is 0 Å². The van der Waals surface area contributed by atoms with Crippen LogP contribution in [0.15, 0.2) is 48.5 Å². The van der Waals surface area contributed by atoms with E-state index in [0.29, 0.717) is 5.75 Å². The van der Waals surface area contributed by atoms with Gasteiger partial charge in [0.05, 0.1) is 0 Å². The summed E-state index contributed by atoms with van der Waals surface area (Å²) in [6.45, 7) is 6.69. The van der Waals surface area contributed by atoms with Crippen LogP contribution in [-0.2, 0) is 11.8 Å². The first kappa shape index (κ1) is 15.6. The maximum Gasteiger partial charge on any atom is 0.115 e. The molecule has 1 nitrogen and oxygen atoms in total. The van der Waals surface area contributed by atoms with E-state index < -0.39 is 0 Å². The fourth-order valence-corrected chi connectivity index (χ4v) is 2.71. The highest BCUT2D eigenvalue weighted by atomic mass is 16.3. The van der Waals surface area contributed by atoms with Gasteiger partial charge in [-0.1, -0.05) is 70.0 Å². The molecule has 0 radical (unpaired) electrons. The van der Waals surface area contributed by atoms with Crippen molar-refractivity contribution in [3.63, 3.8) is 0 Å². The van der Waals surface area contributed by atoms with Gasteiger partial charge >= 0.3 is 0 Å². The minimum atomic E-state index is -0.0460. The van der Waals surface area contributed by atoms with E-state index in [1.54, 1.807) is 12.1 Å². The monoisotopic (exact) mass is 282 g/mol. The van der Waals surface area contributed by atoms with E-state index in [1.165, 1.54) is 42.4 Å². The molecule has 2 aromatic carbocycles. The van der Waals surface area contributed by atoms with E-state index in [-0.39, 0.29) is 5.41 Å². The van der Waals surface area contributed by atoms with Crippen LogP contribution < -0.4 is 0 Å². The van der Waals surface area contributed by atoms with Gasteiger partial charge in [0.15, 0.2) is 0 Å². The molecule has 2 aromatic rings. The maximum absolute atomic E-state index is 9.43. The van der Waals surface area contributed by atoms with Crippen LogP contribution in [0.5, 0.6) is 5.75 Å². The first-order chi connectivity index (χ1) is 10.0. The highest BCUT2D eigenvalue weighted by Gasteiger charge is 2.22. The van der Waals surface area contributed by atoms with Crippen molar-refractivity contribution in [2.75, 3.05) is 0 Å². The van der Waals surface area contributed by atoms with Gasteiger partial charge in [0.2, 0.25) is 0 Å². The fraction of sp³-hybridized carbons (Fsp3) is 0.400. The Morgan fingerprint density at radius 3 is 1.86 bits per heavy atom. The Morgan fingerprint density at radius 2 is 1.33 bits per heavy atom. The van der Waals surface area contributed by atoms with E-state index in [4.69, 9.17) is 0 Å².